The summed E-state index contributed by atoms with van der Waals surface area (Å²) < 4.78 is 1.95. The van der Waals surface area contributed by atoms with Crippen LogP contribution < -0.4 is 5.32 Å². The molecule has 140 valence electrons. The van der Waals surface area contributed by atoms with Gasteiger partial charge in [0, 0.05) is 19.0 Å². The molecule has 1 fully saturated rings. The van der Waals surface area contributed by atoms with Crippen LogP contribution in [0.25, 0.3) is 11.0 Å². The summed E-state index contributed by atoms with van der Waals surface area (Å²) in [6, 6.07) is 7.81. The topological polar surface area (TPSA) is 67.2 Å². The summed E-state index contributed by atoms with van der Waals surface area (Å²) in [5.74, 6) is 0.940. The second-order valence-electron chi connectivity index (χ2n) is 6.92. The smallest absolute Gasteiger partial charge is 0.242 e. The van der Waals surface area contributed by atoms with E-state index in [4.69, 9.17) is 0 Å². The number of para-hydroxylation sites is 2. The molecule has 2 heterocycles. The van der Waals surface area contributed by atoms with Gasteiger partial charge in [-0.05, 0) is 37.8 Å². The van der Waals surface area contributed by atoms with Gasteiger partial charge in [0.25, 0.3) is 0 Å². The van der Waals surface area contributed by atoms with Crippen LogP contribution in [0.4, 0.5) is 0 Å². The highest BCUT2D eigenvalue weighted by atomic mass is 16.2. The summed E-state index contributed by atoms with van der Waals surface area (Å²) in [5, 5.41) is 3.00. The summed E-state index contributed by atoms with van der Waals surface area (Å²) in [6.45, 7) is 6.35. The van der Waals surface area contributed by atoms with Crippen molar-refractivity contribution in [1.29, 1.82) is 0 Å². The second kappa shape index (κ2) is 8.34. The molecule has 3 rings (SSSR count). The molecule has 1 aliphatic heterocycles. The molecule has 1 saturated heterocycles. The number of carbonyl (C=O) groups excluding carboxylic acids is 2. The highest BCUT2D eigenvalue weighted by Crippen LogP contribution is 2.18. The number of fused-ring (bicyclic) bond motifs is 1. The first-order valence-electron chi connectivity index (χ1n) is 9.63. The average molecular weight is 356 g/mol. The van der Waals surface area contributed by atoms with Gasteiger partial charge in [-0.3, -0.25) is 9.59 Å². The molecule has 6 heteroatoms. The number of amides is 2. The summed E-state index contributed by atoms with van der Waals surface area (Å²) in [6.07, 6.45) is 3.81. The predicted octanol–water partition coefficient (Wildman–Crippen LogP) is 2.71. The second-order valence-corrected chi connectivity index (χ2v) is 6.92. The fourth-order valence-corrected chi connectivity index (χ4v) is 3.61. The van der Waals surface area contributed by atoms with Crippen molar-refractivity contribution in [3.8, 4) is 0 Å². The van der Waals surface area contributed by atoms with E-state index in [-0.39, 0.29) is 24.3 Å². The number of nitrogens with zero attached hydrogens (tertiary/aromatic N) is 3. The molecule has 0 spiro atoms. The van der Waals surface area contributed by atoms with Gasteiger partial charge in [-0.2, -0.15) is 0 Å². The number of benzene rings is 1. The molecule has 2 aromatic rings. The maximum Gasteiger partial charge on any atom is 0.242 e. The third-order valence-corrected chi connectivity index (χ3v) is 5.26. The Morgan fingerprint density at radius 1 is 1.15 bits per heavy atom. The van der Waals surface area contributed by atoms with E-state index in [0.29, 0.717) is 6.54 Å². The Labute approximate surface area is 154 Å². The summed E-state index contributed by atoms with van der Waals surface area (Å²) >= 11 is 0. The number of hydrogen-bond donors (Lipinski definition) is 1. The van der Waals surface area contributed by atoms with E-state index in [0.717, 1.165) is 55.6 Å². The average Bonchev–Trinajstić information content (AvgIpc) is 3.30. The van der Waals surface area contributed by atoms with Crippen molar-refractivity contribution in [2.24, 2.45) is 5.92 Å². The lowest BCUT2D eigenvalue weighted by atomic mass is 10.0. The van der Waals surface area contributed by atoms with Crippen LogP contribution in [0.15, 0.2) is 24.3 Å². The van der Waals surface area contributed by atoms with Crippen molar-refractivity contribution in [3.05, 3.63) is 30.1 Å². The van der Waals surface area contributed by atoms with E-state index in [1.807, 2.05) is 47.6 Å². The first kappa shape index (κ1) is 18.4. The van der Waals surface area contributed by atoms with Crippen LogP contribution in [0.2, 0.25) is 0 Å². The van der Waals surface area contributed by atoms with Crippen LogP contribution in [0.1, 0.15) is 45.4 Å². The lowest BCUT2D eigenvalue weighted by Crippen LogP contribution is -2.33. The molecule has 6 nitrogen and oxygen atoms in total. The fourth-order valence-electron chi connectivity index (χ4n) is 3.61. The molecule has 0 aliphatic carbocycles. The van der Waals surface area contributed by atoms with E-state index in [9.17, 15) is 9.59 Å². The molecule has 0 saturated carbocycles. The maximum atomic E-state index is 12.6. The van der Waals surface area contributed by atoms with Gasteiger partial charge < -0.3 is 14.8 Å². The lowest BCUT2D eigenvalue weighted by Gasteiger charge is -2.17. The SMILES string of the molecule is CCC(CC)C(=O)NCc1nc2ccccc2n1CC(=O)N1CCCC1. The monoisotopic (exact) mass is 356 g/mol. The Bertz CT molecular complexity index is 773. The molecule has 1 N–H and O–H groups in total. The molecular weight excluding hydrogens is 328 g/mol. The Balaban J connectivity index is 1.80. The van der Waals surface area contributed by atoms with Crippen molar-refractivity contribution in [1.82, 2.24) is 19.8 Å². The Morgan fingerprint density at radius 3 is 2.54 bits per heavy atom. The number of carbonyl (C=O) groups is 2. The van der Waals surface area contributed by atoms with Crippen molar-refractivity contribution in [2.45, 2.75) is 52.6 Å². The molecule has 0 radical (unpaired) electrons. The first-order valence-corrected chi connectivity index (χ1v) is 9.63. The van der Waals surface area contributed by atoms with E-state index >= 15 is 0 Å². The highest BCUT2D eigenvalue weighted by molar-refractivity contribution is 5.82. The minimum Gasteiger partial charge on any atom is -0.349 e. The third kappa shape index (κ3) is 3.89. The molecule has 26 heavy (non-hydrogen) atoms. The van der Waals surface area contributed by atoms with Gasteiger partial charge in [-0.1, -0.05) is 26.0 Å². The normalized spacial score (nSPS) is 14.3. The van der Waals surface area contributed by atoms with E-state index in [2.05, 4.69) is 10.3 Å². The number of hydrogen-bond acceptors (Lipinski definition) is 3. The van der Waals surface area contributed by atoms with Gasteiger partial charge in [0.05, 0.1) is 17.6 Å². The van der Waals surface area contributed by atoms with Crippen molar-refractivity contribution in [2.75, 3.05) is 13.1 Å². The largest absolute Gasteiger partial charge is 0.349 e. The highest BCUT2D eigenvalue weighted by Gasteiger charge is 2.21. The Morgan fingerprint density at radius 2 is 1.85 bits per heavy atom. The van der Waals surface area contributed by atoms with Crippen LogP contribution in [-0.4, -0.2) is 39.4 Å². The molecular formula is C20H28N4O2. The van der Waals surface area contributed by atoms with E-state index < -0.39 is 0 Å². The van der Waals surface area contributed by atoms with Crippen LogP contribution in [0, 0.1) is 5.92 Å². The number of rotatable bonds is 7. The quantitative estimate of drug-likeness (QED) is 0.829. The standard InChI is InChI=1S/C20H28N4O2/c1-3-15(4-2)20(26)21-13-18-22-16-9-5-6-10-17(16)24(18)14-19(25)23-11-7-8-12-23/h5-6,9-10,15H,3-4,7-8,11-14H2,1-2H3,(H,21,26). The predicted molar refractivity (Wildman–Crippen MR) is 101 cm³/mol. The van der Waals surface area contributed by atoms with E-state index in [1.54, 1.807) is 0 Å². The number of imidazole rings is 1. The van der Waals surface area contributed by atoms with Gasteiger partial charge in [-0.15, -0.1) is 0 Å². The summed E-state index contributed by atoms with van der Waals surface area (Å²) in [7, 11) is 0. The van der Waals surface area contributed by atoms with Crippen LogP contribution >= 0.6 is 0 Å². The zero-order chi connectivity index (χ0) is 18.5. The Hall–Kier alpha value is -2.37. The summed E-state index contributed by atoms with van der Waals surface area (Å²) in [4.78, 5) is 31.5. The van der Waals surface area contributed by atoms with Crippen molar-refractivity contribution in [3.63, 3.8) is 0 Å². The number of nitrogens with one attached hydrogen (secondary N) is 1. The minimum atomic E-state index is 0.0269. The van der Waals surface area contributed by atoms with Gasteiger partial charge in [0.15, 0.2) is 0 Å². The lowest BCUT2D eigenvalue weighted by molar-refractivity contribution is -0.130. The zero-order valence-electron chi connectivity index (χ0n) is 15.7. The third-order valence-electron chi connectivity index (χ3n) is 5.26. The molecule has 0 atom stereocenters. The van der Waals surface area contributed by atoms with Gasteiger partial charge in [-0.25, -0.2) is 4.98 Å². The number of aromatic nitrogens is 2. The zero-order valence-corrected chi connectivity index (χ0v) is 15.7. The minimum absolute atomic E-state index is 0.0269. The van der Waals surface area contributed by atoms with E-state index in [1.165, 1.54) is 0 Å². The molecule has 0 bridgehead atoms. The van der Waals surface area contributed by atoms with Crippen LogP contribution in [-0.2, 0) is 22.7 Å². The Kier molecular flexibility index (Phi) is 5.91. The van der Waals surface area contributed by atoms with Gasteiger partial charge in [0.2, 0.25) is 11.8 Å². The summed E-state index contributed by atoms with van der Waals surface area (Å²) in [5.41, 5.74) is 1.79. The van der Waals surface area contributed by atoms with Crippen LogP contribution in [0.3, 0.4) is 0 Å². The van der Waals surface area contributed by atoms with Gasteiger partial charge >= 0.3 is 0 Å². The molecule has 2 amide bonds. The molecule has 1 aromatic carbocycles. The molecule has 1 aliphatic rings. The van der Waals surface area contributed by atoms with Gasteiger partial charge in [0.1, 0.15) is 12.4 Å². The molecule has 0 unspecified atom stereocenters. The fraction of sp³-hybridized carbons (Fsp3) is 0.550. The molecule has 1 aromatic heterocycles. The first-order chi connectivity index (χ1) is 12.6. The number of likely N-dealkylation sites (tertiary alicyclic amines) is 1. The van der Waals surface area contributed by atoms with Crippen molar-refractivity contribution >= 4 is 22.8 Å². The van der Waals surface area contributed by atoms with Crippen molar-refractivity contribution < 1.29 is 9.59 Å². The van der Waals surface area contributed by atoms with Crippen LogP contribution in [0.5, 0.6) is 0 Å². The maximum absolute atomic E-state index is 12.6.